The first kappa shape index (κ1) is 15.2. The fraction of sp³-hybridized carbons (Fsp3) is 0.900. The van der Waals surface area contributed by atoms with Gasteiger partial charge in [0.15, 0.2) is 0 Å². The number of amides is 2. The Morgan fingerprint density at radius 3 is 2.04 bits per heavy atom. The van der Waals surface area contributed by atoms with Crippen molar-refractivity contribution in [2.24, 2.45) is 23.2 Å². The van der Waals surface area contributed by atoms with E-state index in [0.29, 0.717) is 6.04 Å². The molecule has 0 aromatic rings. The Kier molecular flexibility index (Phi) is 3.31. The van der Waals surface area contributed by atoms with Gasteiger partial charge in [-0.25, -0.2) is 0 Å². The van der Waals surface area contributed by atoms with Crippen molar-refractivity contribution in [3.05, 3.63) is 0 Å². The van der Waals surface area contributed by atoms with E-state index in [4.69, 9.17) is 0 Å². The first-order chi connectivity index (χ1) is 11.6. The maximum Gasteiger partial charge on any atom is 0.245 e. The zero-order valence-electron chi connectivity index (χ0n) is 14.6. The van der Waals surface area contributed by atoms with Gasteiger partial charge in [0.1, 0.15) is 5.54 Å². The van der Waals surface area contributed by atoms with E-state index in [2.05, 4.69) is 10.6 Å². The molecule has 6 aliphatic rings. The van der Waals surface area contributed by atoms with Crippen molar-refractivity contribution in [3.63, 3.8) is 0 Å². The molecule has 0 aromatic carbocycles. The second-order valence-electron chi connectivity index (χ2n) is 9.69. The van der Waals surface area contributed by atoms with E-state index < -0.39 is 5.54 Å². The smallest absolute Gasteiger partial charge is 0.245 e. The summed E-state index contributed by atoms with van der Waals surface area (Å²) in [4.78, 5) is 26.3. The molecule has 24 heavy (non-hydrogen) atoms. The van der Waals surface area contributed by atoms with Crippen LogP contribution in [-0.2, 0) is 9.59 Å². The van der Waals surface area contributed by atoms with E-state index >= 15 is 0 Å². The van der Waals surface area contributed by atoms with Crippen LogP contribution < -0.4 is 10.6 Å². The van der Waals surface area contributed by atoms with Crippen LogP contribution in [0.25, 0.3) is 0 Å². The van der Waals surface area contributed by atoms with E-state index in [1.165, 1.54) is 19.3 Å². The van der Waals surface area contributed by atoms with Gasteiger partial charge < -0.3 is 10.6 Å². The molecule has 0 atom stereocenters. The van der Waals surface area contributed by atoms with Crippen LogP contribution in [0.4, 0.5) is 0 Å². The van der Waals surface area contributed by atoms with Gasteiger partial charge in [0.25, 0.3) is 0 Å². The van der Waals surface area contributed by atoms with Gasteiger partial charge in [-0.2, -0.15) is 0 Å². The molecule has 2 heterocycles. The third-order valence-corrected chi connectivity index (χ3v) is 7.95. The summed E-state index contributed by atoms with van der Waals surface area (Å²) in [5.74, 6) is 2.61. The van der Waals surface area contributed by atoms with Crippen LogP contribution in [0.15, 0.2) is 0 Å². The first-order valence-electron chi connectivity index (χ1n) is 10.2. The number of hydrogen-bond donors (Lipinski definition) is 2. The number of carbonyl (C=O) groups excluding carboxylic acids is 2. The monoisotopic (exact) mass is 330 g/mol. The third kappa shape index (κ3) is 2.24. The Morgan fingerprint density at radius 1 is 0.958 bits per heavy atom. The summed E-state index contributed by atoms with van der Waals surface area (Å²) in [6.07, 6.45) is 13.2. The van der Waals surface area contributed by atoms with Crippen LogP contribution in [0, 0.1) is 23.2 Å². The zero-order chi connectivity index (χ0) is 16.4. The topological polar surface area (TPSA) is 58.2 Å². The van der Waals surface area contributed by atoms with Gasteiger partial charge in [-0.05, 0) is 94.8 Å². The highest BCUT2D eigenvalue weighted by atomic mass is 16.2. The van der Waals surface area contributed by atoms with Gasteiger partial charge in [-0.1, -0.05) is 0 Å². The molecule has 0 aromatic heterocycles. The fourth-order valence-corrected chi connectivity index (χ4v) is 7.19. The van der Waals surface area contributed by atoms with E-state index in [1.807, 2.05) is 0 Å². The van der Waals surface area contributed by atoms with E-state index in [0.717, 1.165) is 75.5 Å². The van der Waals surface area contributed by atoms with Crippen LogP contribution in [0.3, 0.4) is 0 Å². The minimum atomic E-state index is -0.619. The van der Waals surface area contributed by atoms with Gasteiger partial charge in [0, 0.05) is 11.5 Å². The SMILES string of the molecule is O=C(NC12CCCC(CCC1)NC2=O)C12CC3CC(CC(C3)C1)C2. The van der Waals surface area contributed by atoms with E-state index in [9.17, 15) is 9.59 Å². The maximum absolute atomic E-state index is 13.4. The molecule has 4 saturated carbocycles. The molecule has 4 heteroatoms. The molecule has 6 fully saturated rings. The van der Waals surface area contributed by atoms with Crippen LogP contribution in [0.1, 0.15) is 77.0 Å². The van der Waals surface area contributed by atoms with Crippen LogP contribution in [0.5, 0.6) is 0 Å². The number of fused-ring (bicyclic) bond motifs is 3. The van der Waals surface area contributed by atoms with Crippen LogP contribution in [-0.4, -0.2) is 23.4 Å². The maximum atomic E-state index is 13.4. The third-order valence-electron chi connectivity index (χ3n) is 7.95. The first-order valence-corrected chi connectivity index (χ1v) is 10.2. The standard InChI is InChI=1S/C20H30N2O2/c23-17(19-10-13-7-14(11-19)9-15(8-13)12-19)22-20-5-1-3-16(4-2-6-20)21-18(20)24/h13-16H,1-12H2,(H,21,24)(H,22,23). The largest absolute Gasteiger partial charge is 0.351 e. The van der Waals surface area contributed by atoms with Gasteiger partial charge in [0.05, 0.1) is 0 Å². The molecule has 0 unspecified atom stereocenters. The fourth-order valence-electron chi connectivity index (χ4n) is 7.19. The summed E-state index contributed by atoms with van der Waals surface area (Å²) in [7, 11) is 0. The highest BCUT2D eigenvalue weighted by Crippen LogP contribution is 2.60. The van der Waals surface area contributed by atoms with Crippen molar-refractivity contribution in [1.82, 2.24) is 10.6 Å². The Hall–Kier alpha value is -1.06. The lowest BCUT2D eigenvalue weighted by atomic mass is 9.49. The Morgan fingerprint density at radius 2 is 1.50 bits per heavy atom. The van der Waals surface area contributed by atoms with Crippen molar-refractivity contribution in [2.45, 2.75) is 88.6 Å². The van der Waals surface area contributed by atoms with Crippen molar-refractivity contribution in [3.8, 4) is 0 Å². The molecule has 0 spiro atoms. The number of hydrogen-bond acceptors (Lipinski definition) is 2. The Bertz CT molecular complexity index is 525. The normalized spacial score (nSPS) is 49.4. The summed E-state index contributed by atoms with van der Waals surface area (Å²) < 4.78 is 0. The lowest BCUT2D eigenvalue weighted by Crippen LogP contribution is -2.63. The predicted octanol–water partition coefficient (Wildman–Crippen LogP) is 2.91. The summed E-state index contributed by atoms with van der Waals surface area (Å²) >= 11 is 0. The molecular weight excluding hydrogens is 300 g/mol. The molecule has 4 nitrogen and oxygen atoms in total. The molecule has 6 rings (SSSR count). The summed E-state index contributed by atoms with van der Waals surface area (Å²) in [6.45, 7) is 0. The molecule has 2 amide bonds. The Labute approximate surface area is 144 Å². The highest BCUT2D eigenvalue weighted by Gasteiger charge is 2.56. The lowest BCUT2D eigenvalue weighted by Gasteiger charge is -2.56. The molecule has 132 valence electrons. The second-order valence-corrected chi connectivity index (χ2v) is 9.69. The summed E-state index contributed by atoms with van der Waals surface area (Å²) in [6, 6.07) is 0.332. The lowest BCUT2D eigenvalue weighted by molar-refractivity contribution is -0.151. The average Bonchev–Trinajstić information content (AvgIpc) is 2.73. The van der Waals surface area contributed by atoms with Crippen molar-refractivity contribution >= 4 is 11.8 Å². The zero-order valence-corrected chi connectivity index (χ0v) is 14.6. The molecular formula is C20H30N2O2. The molecule has 2 saturated heterocycles. The van der Waals surface area contributed by atoms with Gasteiger partial charge >= 0.3 is 0 Å². The second kappa shape index (κ2) is 5.22. The van der Waals surface area contributed by atoms with Crippen LogP contribution >= 0.6 is 0 Å². The molecule has 2 aliphatic heterocycles. The number of rotatable bonds is 2. The van der Waals surface area contributed by atoms with Gasteiger partial charge in [-0.15, -0.1) is 0 Å². The number of nitrogens with one attached hydrogen (secondary N) is 2. The number of carbonyl (C=O) groups is 2. The van der Waals surface area contributed by atoms with Crippen molar-refractivity contribution in [1.29, 1.82) is 0 Å². The van der Waals surface area contributed by atoms with Crippen molar-refractivity contribution < 1.29 is 9.59 Å². The minimum absolute atomic E-state index is 0.0978. The predicted molar refractivity (Wildman–Crippen MR) is 91.1 cm³/mol. The summed E-state index contributed by atoms with van der Waals surface area (Å²) in [5.41, 5.74) is -0.770. The van der Waals surface area contributed by atoms with Gasteiger partial charge in [-0.3, -0.25) is 9.59 Å². The molecule has 6 bridgehead atoms. The average molecular weight is 330 g/mol. The van der Waals surface area contributed by atoms with E-state index in [1.54, 1.807) is 0 Å². The molecule has 4 aliphatic carbocycles. The van der Waals surface area contributed by atoms with Crippen molar-refractivity contribution in [2.75, 3.05) is 0 Å². The minimum Gasteiger partial charge on any atom is -0.351 e. The highest BCUT2D eigenvalue weighted by molar-refractivity contribution is 5.94. The Balaban J connectivity index is 1.40. The molecule has 2 N–H and O–H groups in total. The van der Waals surface area contributed by atoms with Gasteiger partial charge in [0.2, 0.25) is 11.8 Å². The van der Waals surface area contributed by atoms with E-state index in [-0.39, 0.29) is 17.2 Å². The van der Waals surface area contributed by atoms with Crippen LogP contribution in [0.2, 0.25) is 0 Å². The molecule has 0 radical (unpaired) electrons. The quantitative estimate of drug-likeness (QED) is 0.818. The summed E-state index contributed by atoms with van der Waals surface area (Å²) in [5, 5.41) is 6.56.